The molecule has 1 aliphatic carbocycles. The summed E-state index contributed by atoms with van der Waals surface area (Å²) in [5.74, 6) is 0.769. The average molecular weight is 336 g/mol. The summed E-state index contributed by atoms with van der Waals surface area (Å²) in [6, 6.07) is 16.9. The molecule has 0 aliphatic heterocycles. The summed E-state index contributed by atoms with van der Waals surface area (Å²) in [5, 5.41) is 0. The van der Waals surface area contributed by atoms with Gasteiger partial charge in [0.15, 0.2) is 0 Å². The van der Waals surface area contributed by atoms with E-state index in [4.69, 9.17) is 5.73 Å². The summed E-state index contributed by atoms with van der Waals surface area (Å²) in [6.45, 7) is 5.11. The molecule has 25 heavy (non-hydrogen) atoms. The van der Waals surface area contributed by atoms with Crippen LogP contribution >= 0.6 is 0 Å². The van der Waals surface area contributed by atoms with Gasteiger partial charge in [0, 0.05) is 24.7 Å². The number of nitrogen functional groups attached to an aromatic ring is 1. The minimum absolute atomic E-state index is 0.235. The van der Waals surface area contributed by atoms with Crippen molar-refractivity contribution in [2.24, 2.45) is 0 Å². The number of nitrogens with two attached hydrogens (primary N) is 1. The monoisotopic (exact) mass is 336 g/mol. The Kier molecular flexibility index (Phi) is 5.42. The number of amides is 1. The number of hydrogen-bond donors (Lipinski definition) is 1. The highest BCUT2D eigenvalue weighted by Crippen LogP contribution is 2.29. The van der Waals surface area contributed by atoms with Crippen LogP contribution in [0, 0.1) is 0 Å². The molecule has 0 aromatic heterocycles. The molecule has 1 fully saturated rings. The van der Waals surface area contributed by atoms with Crippen LogP contribution in [0.15, 0.2) is 48.5 Å². The van der Waals surface area contributed by atoms with Crippen LogP contribution in [-0.4, -0.2) is 16.8 Å². The van der Waals surface area contributed by atoms with Crippen molar-refractivity contribution >= 4 is 11.6 Å². The Bertz CT molecular complexity index is 717. The fourth-order valence-electron chi connectivity index (χ4n) is 3.16. The largest absolute Gasteiger partial charge is 0.399 e. The van der Waals surface area contributed by atoms with E-state index in [1.165, 1.54) is 11.1 Å². The topological polar surface area (TPSA) is 46.3 Å². The first-order valence-corrected chi connectivity index (χ1v) is 9.26. The van der Waals surface area contributed by atoms with Crippen LogP contribution in [0.25, 0.3) is 0 Å². The van der Waals surface area contributed by atoms with Gasteiger partial charge in [0.1, 0.15) is 0 Å². The lowest BCUT2D eigenvalue weighted by atomic mass is 10.0. The van der Waals surface area contributed by atoms with Crippen LogP contribution in [0.2, 0.25) is 0 Å². The zero-order valence-corrected chi connectivity index (χ0v) is 15.2. The number of nitrogens with zero attached hydrogens (tertiary/aromatic N) is 1. The third kappa shape index (κ3) is 4.62. The highest BCUT2D eigenvalue weighted by atomic mass is 16.2. The summed E-state index contributed by atoms with van der Waals surface area (Å²) < 4.78 is 0. The molecule has 132 valence electrons. The van der Waals surface area contributed by atoms with Gasteiger partial charge in [0.25, 0.3) is 0 Å². The Morgan fingerprint density at radius 3 is 2.40 bits per heavy atom. The van der Waals surface area contributed by atoms with Gasteiger partial charge in [0.05, 0.1) is 0 Å². The van der Waals surface area contributed by atoms with E-state index in [0.717, 1.165) is 24.1 Å². The Labute approximate surface area is 150 Å². The van der Waals surface area contributed by atoms with E-state index in [9.17, 15) is 4.79 Å². The van der Waals surface area contributed by atoms with E-state index in [1.54, 1.807) is 0 Å². The molecule has 0 bridgehead atoms. The molecular weight excluding hydrogens is 308 g/mol. The molecule has 1 aliphatic rings. The number of para-hydroxylation sites is 1. The predicted molar refractivity (Wildman–Crippen MR) is 103 cm³/mol. The standard InChI is InChI=1S/C22H28N2O/c1-16(2)18-9-7-17(8-10-18)15-24(20-12-13-20)22(25)14-11-19-5-3-4-6-21(19)23/h3-10,16,20H,11-15,23H2,1-2H3. The molecule has 3 rings (SSSR count). The maximum Gasteiger partial charge on any atom is 0.223 e. The van der Waals surface area contributed by atoms with Crippen molar-refractivity contribution in [2.45, 2.75) is 58.0 Å². The zero-order chi connectivity index (χ0) is 17.8. The molecular formula is C22H28N2O. The molecule has 0 atom stereocenters. The van der Waals surface area contributed by atoms with Gasteiger partial charge in [-0.15, -0.1) is 0 Å². The number of anilines is 1. The van der Waals surface area contributed by atoms with Gasteiger partial charge in [-0.2, -0.15) is 0 Å². The number of carbonyl (C=O) groups excluding carboxylic acids is 1. The molecule has 1 amide bonds. The molecule has 0 radical (unpaired) electrons. The summed E-state index contributed by atoms with van der Waals surface area (Å²) in [5.41, 5.74) is 10.4. The summed E-state index contributed by atoms with van der Waals surface area (Å²) >= 11 is 0. The summed E-state index contributed by atoms with van der Waals surface area (Å²) in [4.78, 5) is 14.8. The second kappa shape index (κ2) is 7.73. The van der Waals surface area contributed by atoms with Gasteiger partial charge in [-0.3, -0.25) is 4.79 Å². The van der Waals surface area contributed by atoms with Crippen LogP contribution in [0.3, 0.4) is 0 Å². The third-order valence-corrected chi connectivity index (χ3v) is 4.97. The molecule has 0 saturated heterocycles. The maximum absolute atomic E-state index is 12.8. The Balaban J connectivity index is 1.62. The lowest BCUT2D eigenvalue weighted by molar-refractivity contribution is -0.132. The minimum Gasteiger partial charge on any atom is -0.399 e. The van der Waals surface area contributed by atoms with Crippen molar-refractivity contribution in [3.05, 3.63) is 65.2 Å². The normalized spacial score (nSPS) is 13.9. The first-order valence-electron chi connectivity index (χ1n) is 9.26. The molecule has 0 unspecified atom stereocenters. The van der Waals surface area contributed by atoms with Crippen LogP contribution in [0.4, 0.5) is 5.69 Å². The van der Waals surface area contributed by atoms with E-state index in [-0.39, 0.29) is 5.91 Å². The van der Waals surface area contributed by atoms with Gasteiger partial charge >= 0.3 is 0 Å². The smallest absolute Gasteiger partial charge is 0.223 e. The Hall–Kier alpha value is -2.29. The van der Waals surface area contributed by atoms with Crippen molar-refractivity contribution in [1.29, 1.82) is 0 Å². The van der Waals surface area contributed by atoms with Gasteiger partial charge < -0.3 is 10.6 Å². The van der Waals surface area contributed by atoms with E-state index in [2.05, 4.69) is 43.0 Å². The SMILES string of the molecule is CC(C)c1ccc(CN(C(=O)CCc2ccccc2N)C2CC2)cc1. The van der Waals surface area contributed by atoms with Gasteiger partial charge in [-0.25, -0.2) is 0 Å². The molecule has 2 N–H and O–H groups in total. The lowest BCUT2D eigenvalue weighted by Crippen LogP contribution is -2.32. The predicted octanol–water partition coefficient (Wildman–Crippen LogP) is 4.52. The Morgan fingerprint density at radius 1 is 1.12 bits per heavy atom. The average Bonchev–Trinajstić information content (AvgIpc) is 3.44. The van der Waals surface area contributed by atoms with E-state index >= 15 is 0 Å². The van der Waals surface area contributed by atoms with Crippen molar-refractivity contribution in [2.75, 3.05) is 5.73 Å². The molecule has 3 nitrogen and oxygen atoms in total. The van der Waals surface area contributed by atoms with E-state index in [0.29, 0.717) is 31.3 Å². The van der Waals surface area contributed by atoms with Gasteiger partial charge in [-0.05, 0) is 47.9 Å². The maximum atomic E-state index is 12.8. The summed E-state index contributed by atoms with van der Waals surface area (Å²) in [7, 11) is 0. The first-order chi connectivity index (χ1) is 12.0. The number of carbonyl (C=O) groups is 1. The van der Waals surface area contributed by atoms with Crippen molar-refractivity contribution in [3.63, 3.8) is 0 Å². The van der Waals surface area contributed by atoms with Crippen molar-refractivity contribution < 1.29 is 4.79 Å². The lowest BCUT2D eigenvalue weighted by Gasteiger charge is -2.23. The van der Waals surface area contributed by atoms with E-state index < -0.39 is 0 Å². The minimum atomic E-state index is 0.235. The van der Waals surface area contributed by atoms with Crippen LogP contribution in [-0.2, 0) is 17.8 Å². The second-order valence-electron chi connectivity index (χ2n) is 7.35. The van der Waals surface area contributed by atoms with Gasteiger partial charge in [0.2, 0.25) is 5.91 Å². The molecule has 2 aromatic rings. The zero-order valence-electron chi connectivity index (χ0n) is 15.2. The molecule has 0 spiro atoms. The Morgan fingerprint density at radius 2 is 1.80 bits per heavy atom. The highest BCUT2D eigenvalue weighted by molar-refractivity contribution is 5.77. The first kappa shape index (κ1) is 17.5. The van der Waals surface area contributed by atoms with Crippen molar-refractivity contribution in [1.82, 2.24) is 4.90 Å². The van der Waals surface area contributed by atoms with Crippen LogP contribution in [0.1, 0.15) is 55.7 Å². The number of rotatable bonds is 7. The van der Waals surface area contributed by atoms with Crippen LogP contribution in [0.5, 0.6) is 0 Å². The number of aryl methyl sites for hydroxylation is 1. The van der Waals surface area contributed by atoms with Gasteiger partial charge in [-0.1, -0.05) is 56.3 Å². The third-order valence-electron chi connectivity index (χ3n) is 4.97. The van der Waals surface area contributed by atoms with E-state index in [1.807, 2.05) is 24.3 Å². The highest BCUT2D eigenvalue weighted by Gasteiger charge is 2.32. The second-order valence-corrected chi connectivity index (χ2v) is 7.35. The van der Waals surface area contributed by atoms with Crippen LogP contribution < -0.4 is 5.73 Å². The number of benzene rings is 2. The molecule has 2 aromatic carbocycles. The quantitative estimate of drug-likeness (QED) is 0.756. The number of hydrogen-bond acceptors (Lipinski definition) is 2. The van der Waals surface area contributed by atoms with Crippen molar-refractivity contribution in [3.8, 4) is 0 Å². The fraction of sp³-hybridized carbons (Fsp3) is 0.409. The molecule has 3 heteroatoms. The molecule has 0 heterocycles. The fourth-order valence-corrected chi connectivity index (χ4v) is 3.16. The summed E-state index contributed by atoms with van der Waals surface area (Å²) in [6.07, 6.45) is 3.49. The molecule has 1 saturated carbocycles.